The molecule has 7 heteroatoms. The zero-order valence-electron chi connectivity index (χ0n) is 22.9. The van der Waals surface area contributed by atoms with Gasteiger partial charge in [0.2, 0.25) is 5.16 Å². The van der Waals surface area contributed by atoms with Gasteiger partial charge < -0.3 is 4.74 Å². The molecule has 1 aromatic heterocycles. The zero-order valence-corrected chi connectivity index (χ0v) is 23.7. The molecule has 1 fully saturated rings. The summed E-state index contributed by atoms with van der Waals surface area (Å²) in [7, 11) is 0. The third-order valence-electron chi connectivity index (χ3n) is 7.31. The summed E-state index contributed by atoms with van der Waals surface area (Å²) in [6.07, 6.45) is 6.60. The molecule has 0 radical (unpaired) electrons. The smallest absolute Gasteiger partial charge is 0.202 e. The van der Waals surface area contributed by atoms with Crippen LogP contribution in [-0.4, -0.2) is 19.8 Å². The Bertz CT molecular complexity index is 1550. The minimum Gasteiger partial charge on any atom is -0.486 e. The van der Waals surface area contributed by atoms with Crippen LogP contribution in [0.2, 0.25) is 0 Å². The van der Waals surface area contributed by atoms with Gasteiger partial charge in [-0.1, -0.05) is 98.1 Å². The standard InChI is InChI=1S/C34H33N5OS/c1-5-13-26(14-6-1)27-21-23-31(24-22-27)40-25-32-36-38-34(39(32)30-19-11-4-12-20-30)41-33(28-15-7-2-8-16-28)37-35-29-17-9-3-10-18-29/h2-4,7-12,15-24,26,35H,1,5-6,13-14,25H2. The van der Waals surface area contributed by atoms with Crippen molar-refractivity contribution in [2.75, 3.05) is 5.43 Å². The first kappa shape index (κ1) is 26.8. The second-order valence-electron chi connectivity index (χ2n) is 10.1. The summed E-state index contributed by atoms with van der Waals surface area (Å²) in [4.78, 5) is 0. The number of hydrogen-bond acceptors (Lipinski definition) is 6. The van der Waals surface area contributed by atoms with Crippen molar-refractivity contribution in [1.29, 1.82) is 0 Å². The van der Waals surface area contributed by atoms with Gasteiger partial charge in [-0.2, -0.15) is 5.10 Å². The largest absolute Gasteiger partial charge is 0.486 e. The van der Waals surface area contributed by atoms with Crippen molar-refractivity contribution in [3.05, 3.63) is 132 Å². The van der Waals surface area contributed by atoms with Crippen LogP contribution in [0.3, 0.4) is 0 Å². The molecule has 0 saturated heterocycles. The molecule has 41 heavy (non-hydrogen) atoms. The lowest BCUT2D eigenvalue weighted by Crippen LogP contribution is -2.08. The van der Waals surface area contributed by atoms with Gasteiger partial charge in [0, 0.05) is 11.3 Å². The number of hydrogen-bond donors (Lipinski definition) is 1. The Balaban J connectivity index is 1.25. The Kier molecular flexibility index (Phi) is 8.73. The Hall–Kier alpha value is -4.36. The lowest BCUT2D eigenvalue weighted by molar-refractivity contribution is 0.292. The molecule has 5 aromatic rings. The molecular formula is C34H33N5OS. The minimum absolute atomic E-state index is 0.297. The lowest BCUT2D eigenvalue weighted by atomic mass is 9.84. The molecule has 0 aliphatic heterocycles. The Labute approximate surface area is 245 Å². The minimum atomic E-state index is 0.297. The molecule has 1 aliphatic carbocycles. The van der Waals surface area contributed by atoms with Gasteiger partial charge in [-0.25, -0.2) is 0 Å². The first-order valence-electron chi connectivity index (χ1n) is 14.2. The summed E-state index contributed by atoms with van der Waals surface area (Å²) in [6, 6.07) is 38.8. The van der Waals surface area contributed by atoms with Crippen molar-refractivity contribution >= 4 is 22.5 Å². The Morgan fingerprint density at radius 2 is 1.44 bits per heavy atom. The van der Waals surface area contributed by atoms with Crippen LogP contribution < -0.4 is 10.2 Å². The third-order valence-corrected chi connectivity index (χ3v) is 8.28. The van der Waals surface area contributed by atoms with Gasteiger partial charge in [0.25, 0.3) is 0 Å². The van der Waals surface area contributed by atoms with Gasteiger partial charge in [0.05, 0.1) is 5.69 Å². The SMILES string of the molecule is c1ccc(NN=C(Sc2nnc(COc3ccc(C4CCCCC4)cc3)n2-c2ccccc2)c2ccccc2)cc1. The lowest BCUT2D eigenvalue weighted by Gasteiger charge is -2.22. The van der Waals surface area contributed by atoms with E-state index in [9.17, 15) is 0 Å². The molecule has 1 aliphatic rings. The van der Waals surface area contributed by atoms with Crippen LogP contribution in [0, 0.1) is 0 Å². The van der Waals surface area contributed by atoms with E-state index in [-0.39, 0.29) is 0 Å². The number of thioether (sulfide) groups is 1. The van der Waals surface area contributed by atoms with E-state index < -0.39 is 0 Å². The molecule has 1 heterocycles. The summed E-state index contributed by atoms with van der Waals surface area (Å²) in [5.41, 5.74) is 7.47. The summed E-state index contributed by atoms with van der Waals surface area (Å²) in [6.45, 7) is 0.297. The highest BCUT2D eigenvalue weighted by Crippen LogP contribution is 2.33. The quantitative estimate of drug-likeness (QED) is 0.0849. The monoisotopic (exact) mass is 559 g/mol. The van der Waals surface area contributed by atoms with Crippen LogP contribution in [0.15, 0.2) is 126 Å². The topological polar surface area (TPSA) is 64.3 Å². The average Bonchev–Trinajstić information content (AvgIpc) is 3.46. The maximum Gasteiger partial charge on any atom is 0.202 e. The number of para-hydroxylation sites is 2. The number of rotatable bonds is 9. The van der Waals surface area contributed by atoms with Crippen LogP contribution in [-0.2, 0) is 6.61 Å². The molecular weight excluding hydrogens is 526 g/mol. The van der Waals surface area contributed by atoms with Crippen LogP contribution in [0.1, 0.15) is 55.0 Å². The van der Waals surface area contributed by atoms with E-state index in [0.29, 0.717) is 17.7 Å². The first-order valence-corrected chi connectivity index (χ1v) is 15.0. The molecule has 6 rings (SSSR count). The predicted octanol–water partition coefficient (Wildman–Crippen LogP) is 8.46. The number of benzene rings is 4. The Morgan fingerprint density at radius 3 is 2.15 bits per heavy atom. The van der Waals surface area contributed by atoms with Crippen LogP contribution in [0.4, 0.5) is 5.69 Å². The molecule has 0 atom stereocenters. The highest BCUT2D eigenvalue weighted by molar-refractivity contribution is 8.14. The van der Waals surface area contributed by atoms with E-state index >= 15 is 0 Å². The number of aromatic nitrogens is 3. The first-order chi connectivity index (χ1) is 20.3. The summed E-state index contributed by atoms with van der Waals surface area (Å²) in [5.74, 6) is 2.23. The van der Waals surface area contributed by atoms with Crippen molar-refractivity contribution in [2.24, 2.45) is 5.10 Å². The summed E-state index contributed by atoms with van der Waals surface area (Å²) >= 11 is 1.46. The van der Waals surface area contributed by atoms with E-state index in [1.54, 1.807) is 0 Å². The molecule has 4 aromatic carbocycles. The van der Waals surface area contributed by atoms with E-state index in [1.165, 1.54) is 49.4 Å². The van der Waals surface area contributed by atoms with Crippen molar-refractivity contribution in [1.82, 2.24) is 14.8 Å². The van der Waals surface area contributed by atoms with E-state index in [4.69, 9.17) is 9.84 Å². The number of nitrogens with zero attached hydrogens (tertiary/aromatic N) is 4. The molecule has 0 spiro atoms. The zero-order chi connectivity index (χ0) is 27.7. The second-order valence-corrected chi connectivity index (χ2v) is 11.1. The second kappa shape index (κ2) is 13.3. The third kappa shape index (κ3) is 6.87. The van der Waals surface area contributed by atoms with Crippen molar-refractivity contribution in [2.45, 2.75) is 49.8 Å². The Morgan fingerprint density at radius 1 is 0.780 bits per heavy atom. The average molecular weight is 560 g/mol. The highest BCUT2D eigenvalue weighted by atomic mass is 32.2. The molecule has 206 valence electrons. The fourth-order valence-electron chi connectivity index (χ4n) is 5.16. The van der Waals surface area contributed by atoms with E-state index in [1.807, 2.05) is 83.4 Å². The maximum absolute atomic E-state index is 6.23. The van der Waals surface area contributed by atoms with Gasteiger partial charge in [0.1, 0.15) is 17.4 Å². The molecule has 6 nitrogen and oxygen atoms in total. The number of ether oxygens (including phenoxy) is 1. The molecule has 1 N–H and O–H groups in total. The van der Waals surface area contributed by atoms with Crippen LogP contribution >= 0.6 is 11.8 Å². The molecule has 0 amide bonds. The van der Waals surface area contributed by atoms with Crippen LogP contribution in [0.5, 0.6) is 5.75 Å². The molecule has 0 bridgehead atoms. The number of anilines is 1. The fraction of sp³-hybridized carbons (Fsp3) is 0.206. The van der Waals surface area contributed by atoms with Crippen molar-refractivity contribution < 1.29 is 4.74 Å². The molecule has 0 unspecified atom stereocenters. The number of hydrazone groups is 1. The van der Waals surface area contributed by atoms with E-state index in [0.717, 1.165) is 33.6 Å². The van der Waals surface area contributed by atoms with Crippen molar-refractivity contribution in [3.8, 4) is 11.4 Å². The van der Waals surface area contributed by atoms with Gasteiger partial charge >= 0.3 is 0 Å². The van der Waals surface area contributed by atoms with Gasteiger partial charge in [-0.3, -0.25) is 9.99 Å². The van der Waals surface area contributed by atoms with Crippen molar-refractivity contribution in [3.63, 3.8) is 0 Å². The number of nitrogens with one attached hydrogen (secondary N) is 1. The summed E-state index contributed by atoms with van der Waals surface area (Å²) in [5, 5.41) is 15.4. The molecule has 1 saturated carbocycles. The maximum atomic E-state index is 6.23. The van der Waals surface area contributed by atoms with Gasteiger partial charge in [0.15, 0.2) is 5.82 Å². The summed E-state index contributed by atoms with van der Waals surface area (Å²) < 4.78 is 8.27. The van der Waals surface area contributed by atoms with Gasteiger partial charge in [-0.05, 0) is 72.5 Å². The predicted molar refractivity (Wildman–Crippen MR) is 167 cm³/mol. The van der Waals surface area contributed by atoms with Gasteiger partial charge in [-0.15, -0.1) is 10.2 Å². The van der Waals surface area contributed by atoms with E-state index in [2.05, 4.69) is 52.0 Å². The highest BCUT2D eigenvalue weighted by Gasteiger charge is 2.19. The van der Waals surface area contributed by atoms with Crippen LogP contribution in [0.25, 0.3) is 5.69 Å². The fourth-order valence-corrected chi connectivity index (χ4v) is 6.06. The normalized spacial score (nSPS) is 14.1.